The van der Waals surface area contributed by atoms with E-state index in [1.54, 1.807) is 0 Å². The maximum Gasteiger partial charge on any atom is 0.136 e. The van der Waals surface area contributed by atoms with Crippen LogP contribution in [0.25, 0.3) is 0 Å². The SMILES string of the molecule is C[C@]12C[C@H](CC1(Cl)C#N)C1(C2)SCCS1. The summed E-state index contributed by atoms with van der Waals surface area (Å²) in [6.07, 6.45) is 3.20. The van der Waals surface area contributed by atoms with Crippen molar-refractivity contribution in [3.8, 4) is 6.07 Å². The Bertz CT molecular complexity index is 347. The van der Waals surface area contributed by atoms with Crippen molar-refractivity contribution in [3.05, 3.63) is 0 Å². The Morgan fingerprint density at radius 2 is 2.00 bits per heavy atom. The van der Waals surface area contributed by atoms with E-state index in [1.165, 1.54) is 11.5 Å². The van der Waals surface area contributed by atoms with Crippen LogP contribution >= 0.6 is 35.1 Å². The topological polar surface area (TPSA) is 23.8 Å². The number of thioether (sulfide) groups is 2. The number of rotatable bonds is 0. The zero-order chi connectivity index (χ0) is 10.7. The molecular weight excluding hydrogens is 246 g/mol. The molecule has 3 fully saturated rings. The molecule has 0 N–H and O–H groups in total. The van der Waals surface area contributed by atoms with E-state index < -0.39 is 4.87 Å². The lowest BCUT2D eigenvalue weighted by molar-refractivity contribution is 0.285. The maximum atomic E-state index is 9.25. The Morgan fingerprint density at radius 1 is 1.33 bits per heavy atom. The molecule has 1 spiro atoms. The molecule has 3 aliphatic rings. The second-order valence-corrected chi connectivity index (χ2v) is 9.02. The zero-order valence-electron chi connectivity index (χ0n) is 8.75. The summed E-state index contributed by atoms with van der Waals surface area (Å²) in [5, 5.41) is 9.25. The van der Waals surface area contributed by atoms with Crippen LogP contribution in [0.5, 0.6) is 0 Å². The van der Waals surface area contributed by atoms with E-state index in [0.29, 0.717) is 10.00 Å². The van der Waals surface area contributed by atoms with Crippen molar-refractivity contribution in [1.29, 1.82) is 5.26 Å². The minimum absolute atomic E-state index is 0.0539. The highest BCUT2D eigenvalue weighted by Gasteiger charge is 2.68. The first-order chi connectivity index (χ1) is 7.04. The first kappa shape index (κ1) is 10.6. The van der Waals surface area contributed by atoms with Crippen LogP contribution in [0.4, 0.5) is 0 Å². The van der Waals surface area contributed by atoms with Gasteiger partial charge in [-0.25, -0.2) is 0 Å². The molecule has 3 atom stereocenters. The summed E-state index contributed by atoms with van der Waals surface area (Å²) in [5.41, 5.74) is 0.0539. The molecule has 15 heavy (non-hydrogen) atoms. The fourth-order valence-corrected chi connectivity index (χ4v) is 7.73. The van der Waals surface area contributed by atoms with E-state index in [2.05, 4.69) is 36.5 Å². The van der Waals surface area contributed by atoms with Crippen LogP contribution in [-0.4, -0.2) is 20.5 Å². The summed E-state index contributed by atoms with van der Waals surface area (Å²) in [7, 11) is 0. The molecule has 2 bridgehead atoms. The molecule has 0 amide bonds. The molecule has 2 saturated carbocycles. The summed E-state index contributed by atoms with van der Waals surface area (Å²) in [6.45, 7) is 2.22. The van der Waals surface area contributed by atoms with Crippen LogP contribution in [0.3, 0.4) is 0 Å². The van der Waals surface area contributed by atoms with Gasteiger partial charge in [0.2, 0.25) is 0 Å². The number of hydrogen-bond donors (Lipinski definition) is 0. The third-order valence-corrected chi connectivity index (χ3v) is 8.80. The van der Waals surface area contributed by atoms with Gasteiger partial charge in [0, 0.05) is 16.9 Å². The third-order valence-electron chi connectivity index (χ3n) is 4.39. The van der Waals surface area contributed by atoms with E-state index in [1.807, 2.05) is 0 Å². The Balaban J connectivity index is 1.95. The number of halogens is 1. The van der Waals surface area contributed by atoms with Gasteiger partial charge in [-0.2, -0.15) is 5.26 Å². The molecule has 1 heterocycles. The lowest BCUT2D eigenvalue weighted by Crippen LogP contribution is -2.42. The van der Waals surface area contributed by atoms with Gasteiger partial charge in [0.25, 0.3) is 0 Å². The third kappa shape index (κ3) is 1.19. The van der Waals surface area contributed by atoms with Crippen LogP contribution in [0, 0.1) is 22.7 Å². The molecule has 2 aliphatic carbocycles. The summed E-state index contributed by atoms with van der Waals surface area (Å²) < 4.78 is 0.421. The molecule has 4 heteroatoms. The number of nitriles is 1. The number of nitrogens with zero attached hydrogens (tertiary/aromatic N) is 1. The number of alkyl halides is 1. The van der Waals surface area contributed by atoms with Crippen LogP contribution in [-0.2, 0) is 0 Å². The van der Waals surface area contributed by atoms with Crippen molar-refractivity contribution in [3.63, 3.8) is 0 Å². The van der Waals surface area contributed by atoms with Gasteiger partial charge in [-0.15, -0.1) is 35.1 Å². The van der Waals surface area contributed by atoms with E-state index in [9.17, 15) is 5.26 Å². The molecule has 1 saturated heterocycles. The van der Waals surface area contributed by atoms with E-state index in [0.717, 1.165) is 19.3 Å². The second kappa shape index (κ2) is 3.03. The molecule has 0 aromatic rings. The van der Waals surface area contributed by atoms with Crippen LogP contribution in [0.1, 0.15) is 26.2 Å². The minimum Gasteiger partial charge on any atom is -0.196 e. The Labute approximate surface area is 104 Å². The standard InChI is InChI=1S/C11H14ClNS2/c1-9-4-8(5-10(9,12)7-13)11(6-9)14-2-3-15-11/h8H,2-6H2,1H3/t8-,9-,10?/m1/s1. The van der Waals surface area contributed by atoms with Crippen molar-refractivity contribution in [1.82, 2.24) is 0 Å². The minimum atomic E-state index is -0.577. The van der Waals surface area contributed by atoms with Gasteiger partial charge < -0.3 is 0 Å². The quantitative estimate of drug-likeness (QED) is 0.623. The monoisotopic (exact) mass is 259 g/mol. The highest BCUT2D eigenvalue weighted by Crippen LogP contribution is 2.73. The van der Waals surface area contributed by atoms with Crippen LogP contribution < -0.4 is 0 Å². The van der Waals surface area contributed by atoms with Crippen LogP contribution in [0.2, 0.25) is 0 Å². The van der Waals surface area contributed by atoms with Crippen molar-refractivity contribution >= 4 is 35.1 Å². The Hall–Kier alpha value is 0.480. The average Bonchev–Trinajstić information content (AvgIpc) is 2.80. The summed E-state index contributed by atoms with van der Waals surface area (Å²) >= 11 is 10.7. The fourth-order valence-electron chi connectivity index (χ4n) is 3.56. The number of fused-ring (bicyclic) bond motifs is 3. The van der Waals surface area contributed by atoms with Gasteiger partial charge in [-0.1, -0.05) is 6.92 Å². The highest BCUT2D eigenvalue weighted by atomic mass is 35.5. The smallest absolute Gasteiger partial charge is 0.136 e. The molecule has 0 radical (unpaired) electrons. The van der Waals surface area contributed by atoms with Gasteiger partial charge in [0.05, 0.1) is 10.1 Å². The van der Waals surface area contributed by atoms with Crippen molar-refractivity contribution in [2.45, 2.75) is 35.1 Å². The van der Waals surface area contributed by atoms with E-state index >= 15 is 0 Å². The lowest BCUT2D eigenvalue weighted by atomic mass is 9.76. The molecule has 0 aromatic heterocycles. The van der Waals surface area contributed by atoms with Gasteiger partial charge in [0.1, 0.15) is 4.87 Å². The van der Waals surface area contributed by atoms with Gasteiger partial charge in [0.15, 0.2) is 0 Å². The molecule has 0 aromatic carbocycles. The average molecular weight is 260 g/mol. The molecule has 1 nitrogen and oxygen atoms in total. The fraction of sp³-hybridized carbons (Fsp3) is 0.909. The summed E-state index contributed by atoms with van der Waals surface area (Å²) in [5.74, 6) is 3.22. The van der Waals surface area contributed by atoms with E-state index in [-0.39, 0.29) is 5.41 Å². The lowest BCUT2D eigenvalue weighted by Gasteiger charge is -2.41. The van der Waals surface area contributed by atoms with Gasteiger partial charge in [-0.05, 0) is 25.2 Å². The molecular formula is C11H14ClNS2. The maximum absolute atomic E-state index is 9.25. The predicted octanol–water partition coefficient (Wildman–Crippen LogP) is 3.48. The summed E-state index contributed by atoms with van der Waals surface area (Å²) in [4.78, 5) is -0.577. The number of hydrogen-bond acceptors (Lipinski definition) is 3. The molecule has 3 rings (SSSR count). The normalized spacial score (nSPS) is 51.1. The molecule has 1 unspecified atom stereocenters. The zero-order valence-corrected chi connectivity index (χ0v) is 11.1. The van der Waals surface area contributed by atoms with Crippen LogP contribution in [0.15, 0.2) is 0 Å². The highest BCUT2D eigenvalue weighted by molar-refractivity contribution is 8.21. The summed E-state index contributed by atoms with van der Waals surface area (Å²) in [6, 6.07) is 2.37. The van der Waals surface area contributed by atoms with Gasteiger partial charge >= 0.3 is 0 Å². The second-order valence-electron chi connectivity index (χ2n) is 5.26. The first-order valence-corrected chi connectivity index (χ1v) is 7.77. The van der Waals surface area contributed by atoms with Crippen molar-refractivity contribution in [2.75, 3.05) is 11.5 Å². The molecule has 1 aliphatic heterocycles. The van der Waals surface area contributed by atoms with E-state index in [4.69, 9.17) is 11.6 Å². The van der Waals surface area contributed by atoms with Gasteiger partial charge in [-0.3, -0.25) is 0 Å². The van der Waals surface area contributed by atoms with Crippen molar-refractivity contribution in [2.24, 2.45) is 11.3 Å². The Morgan fingerprint density at radius 3 is 2.47 bits per heavy atom. The Kier molecular flexibility index (Phi) is 2.14. The molecule has 82 valence electrons. The largest absolute Gasteiger partial charge is 0.196 e. The first-order valence-electron chi connectivity index (χ1n) is 5.42. The predicted molar refractivity (Wildman–Crippen MR) is 67.3 cm³/mol. The van der Waals surface area contributed by atoms with Crippen molar-refractivity contribution < 1.29 is 0 Å².